The number of rotatable bonds is 4. The monoisotopic (exact) mass is 336 g/mol. The largest absolute Gasteiger partial charge is 0.394 e. The van der Waals surface area contributed by atoms with E-state index in [2.05, 4.69) is 5.32 Å². The number of benzene rings is 1. The number of aliphatic hydroxyl groups is 1. The van der Waals surface area contributed by atoms with Gasteiger partial charge in [-0.05, 0) is 25.0 Å². The Morgan fingerprint density at radius 2 is 2.33 bits per heavy atom. The van der Waals surface area contributed by atoms with Crippen LogP contribution in [0.2, 0.25) is 5.02 Å². The van der Waals surface area contributed by atoms with Crippen molar-refractivity contribution in [1.29, 1.82) is 0 Å². The minimum atomic E-state index is -2.63. The van der Waals surface area contributed by atoms with E-state index in [-0.39, 0.29) is 28.3 Å². The fourth-order valence-electron chi connectivity index (χ4n) is 2.30. The lowest BCUT2D eigenvalue weighted by Crippen LogP contribution is -2.40. The number of carbonyl (C=O) groups excluding carboxylic acids is 1. The minimum Gasteiger partial charge on any atom is -0.394 e. The van der Waals surface area contributed by atoms with Crippen LogP contribution in [0.1, 0.15) is 12.8 Å². The van der Waals surface area contributed by atoms with E-state index in [1.54, 1.807) is 6.07 Å². The van der Waals surface area contributed by atoms with Crippen molar-refractivity contribution in [2.45, 2.75) is 29.5 Å². The average molecular weight is 337 g/mol. The summed E-state index contributed by atoms with van der Waals surface area (Å²) in [5.41, 5.74) is 0.251. The molecule has 1 aromatic carbocycles. The van der Waals surface area contributed by atoms with Crippen LogP contribution in [0.3, 0.4) is 0 Å². The van der Waals surface area contributed by atoms with Gasteiger partial charge in [0.15, 0.2) is 0 Å². The van der Waals surface area contributed by atoms with Gasteiger partial charge in [0, 0.05) is 6.54 Å². The molecule has 1 saturated heterocycles. The number of hydrogen-bond acceptors (Lipinski definition) is 3. The van der Waals surface area contributed by atoms with Crippen LogP contribution in [-0.4, -0.2) is 41.0 Å². The molecule has 0 saturated carbocycles. The van der Waals surface area contributed by atoms with Gasteiger partial charge < -0.3 is 15.3 Å². The van der Waals surface area contributed by atoms with Crippen molar-refractivity contribution in [3.63, 3.8) is 0 Å². The lowest BCUT2D eigenvalue weighted by atomic mass is 10.2. The standard InChI is InChI=1S/C13H15ClF2N2O2S/c14-9-4-1-5-10(11(9)21-12(15)16)17-13(20)18-6-2-3-8(18)7-19/h1,4-5,8,12,19H,2-3,6-7H2,(H,17,20)/t8-/m0/s1. The Kier molecular flexibility index (Phi) is 5.66. The molecule has 0 aliphatic carbocycles. The molecule has 1 aromatic rings. The topological polar surface area (TPSA) is 52.6 Å². The molecule has 21 heavy (non-hydrogen) atoms. The summed E-state index contributed by atoms with van der Waals surface area (Å²) in [4.78, 5) is 13.8. The number of halogens is 3. The Bertz CT molecular complexity index is 519. The number of urea groups is 1. The van der Waals surface area contributed by atoms with Crippen molar-refractivity contribution in [3.05, 3.63) is 23.2 Å². The number of nitrogens with zero attached hydrogens (tertiary/aromatic N) is 1. The van der Waals surface area contributed by atoms with Crippen molar-refractivity contribution in [3.8, 4) is 0 Å². The lowest BCUT2D eigenvalue weighted by Gasteiger charge is -2.24. The highest BCUT2D eigenvalue weighted by Gasteiger charge is 2.28. The third-order valence-electron chi connectivity index (χ3n) is 3.26. The first kappa shape index (κ1) is 16.3. The van der Waals surface area contributed by atoms with Crippen LogP contribution in [0.4, 0.5) is 19.3 Å². The number of aliphatic hydroxyl groups excluding tert-OH is 1. The number of anilines is 1. The Labute approximate surface area is 130 Å². The number of nitrogens with one attached hydrogen (secondary N) is 1. The number of carbonyl (C=O) groups is 1. The summed E-state index contributed by atoms with van der Waals surface area (Å²) in [6.45, 7) is 0.427. The number of amides is 2. The quantitative estimate of drug-likeness (QED) is 0.825. The maximum absolute atomic E-state index is 12.6. The Hall–Kier alpha value is -1.05. The SMILES string of the molecule is O=C(Nc1cccc(Cl)c1SC(F)F)N1CCC[C@H]1CO. The summed E-state index contributed by atoms with van der Waals surface area (Å²) < 4.78 is 25.2. The van der Waals surface area contributed by atoms with E-state index in [9.17, 15) is 18.7 Å². The van der Waals surface area contributed by atoms with E-state index < -0.39 is 11.8 Å². The summed E-state index contributed by atoms with van der Waals surface area (Å²) in [7, 11) is 0. The molecule has 1 atom stereocenters. The molecule has 0 spiro atoms. The molecule has 0 aromatic heterocycles. The molecular weight excluding hydrogens is 322 g/mol. The normalized spacial score (nSPS) is 18.3. The maximum atomic E-state index is 12.6. The highest BCUT2D eigenvalue weighted by Crippen LogP contribution is 2.37. The zero-order chi connectivity index (χ0) is 15.4. The van der Waals surface area contributed by atoms with Gasteiger partial charge in [-0.2, -0.15) is 8.78 Å². The van der Waals surface area contributed by atoms with Crippen LogP contribution in [0.25, 0.3) is 0 Å². The fourth-order valence-corrected chi connectivity index (χ4v) is 3.21. The van der Waals surface area contributed by atoms with Gasteiger partial charge in [-0.25, -0.2) is 4.79 Å². The second-order valence-electron chi connectivity index (χ2n) is 4.60. The number of alkyl halides is 2. The van der Waals surface area contributed by atoms with Crippen molar-refractivity contribution in [2.75, 3.05) is 18.5 Å². The molecule has 0 unspecified atom stereocenters. The molecule has 0 bridgehead atoms. The van der Waals surface area contributed by atoms with E-state index >= 15 is 0 Å². The Morgan fingerprint density at radius 1 is 1.57 bits per heavy atom. The summed E-state index contributed by atoms with van der Waals surface area (Å²) in [6, 6.07) is 3.97. The number of thioether (sulfide) groups is 1. The van der Waals surface area contributed by atoms with Gasteiger partial charge >= 0.3 is 6.03 Å². The van der Waals surface area contributed by atoms with E-state index in [0.29, 0.717) is 18.3 Å². The fraction of sp³-hybridized carbons (Fsp3) is 0.462. The molecule has 2 N–H and O–H groups in total. The zero-order valence-corrected chi connectivity index (χ0v) is 12.6. The summed E-state index contributed by atoms with van der Waals surface area (Å²) >= 11 is 6.21. The molecule has 4 nitrogen and oxygen atoms in total. The van der Waals surface area contributed by atoms with Crippen LogP contribution in [-0.2, 0) is 0 Å². The highest BCUT2D eigenvalue weighted by atomic mass is 35.5. The first-order chi connectivity index (χ1) is 10.0. The molecule has 116 valence electrons. The maximum Gasteiger partial charge on any atom is 0.322 e. The predicted molar refractivity (Wildman–Crippen MR) is 79.1 cm³/mol. The van der Waals surface area contributed by atoms with Crippen molar-refractivity contribution < 1.29 is 18.7 Å². The van der Waals surface area contributed by atoms with Crippen molar-refractivity contribution >= 4 is 35.1 Å². The zero-order valence-electron chi connectivity index (χ0n) is 11.1. The predicted octanol–water partition coefficient (Wildman–Crippen LogP) is 3.64. The lowest BCUT2D eigenvalue weighted by molar-refractivity contribution is 0.166. The van der Waals surface area contributed by atoms with Crippen LogP contribution in [0.5, 0.6) is 0 Å². The van der Waals surface area contributed by atoms with Crippen LogP contribution in [0.15, 0.2) is 23.1 Å². The highest BCUT2D eigenvalue weighted by molar-refractivity contribution is 7.99. The number of likely N-dealkylation sites (tertiary alicyclic amines) is 1. The first-order valence-electron chi connectivity index (χ1n) is 6.44. The Balaban J connectivity index is 2.15. The van der Waals surface area contributed by atoms with Gasteiger partial charge in [-0.1, -0.05) is 29.4 Å². The van der Waals surface area contributed by atoms with Crippen molar-refractivity contribution in [1.82, 2.24) is 4.90 Å². The molecule has 1 aliphatic heterocycles. The smallest absolute Gasteiger partial charge is 0.322 e. The second kappa shape index (κ2) is 7.29. The molecule has 2 rings (SSSR count). The van der Waals surface area contributed by atoms with Crippen LogP contribution < -0.4 is 5.32 Å². The summed E-state index contributed by atoms with van der Waals surface area (Å²) in [5.74, 6) is -2.63. The first-order valence-corrected chi connectivity index (χ1v) is 7.70. The summed E-state index contributed by atoms with van der Waals surface area (Å²) in [5, 5.41) is 12.0. The molecular formula is C13H15ClF2N2O2S. The van der Waals surface area contributed by atoms with E-state index in [1.807, 2.05) is 0 Å². The van der Waals surface area contributed by atoms with Gasteiger partial charge in [0.25, 0.3) is 5.76 Å². The van der Waals surface area contributed by atoms with Gasteiger partial charge in [-0.3, -0.25) is 0 Å². The van der Waals surface area contributed by atoms with Crippen molar-refractivity contribution in [2.24, 2.45) is 0 Å². The Morgan fingerprint density at radius 3 is 3.00 bits per heavy atom. The van der Waals surface area contributed by atoms with Crippen LogP contribution in [0, 0.1) is 0 Å². The molecule has 2 amide bonds. The van der Waals surface area contributed by atoms with E-state index in [4.69, 9.17) is 11.6 Å². The third-order valence-corrected chi connectivity index (χ3v) is 4.54. The van der Waals surface area contributed by atoms with Gasteiger partial charge in [0.2, 0.25) is 0 Å². The van der Waals surface area contributed by atoms with Gasteiger partial charge in [0.05, 0.1) is 28.3 Å². The van der Waals surface area contributed by atoms with Gasteiger partial charge in [-0.15, -0.1) is 0 Å². The average Bonchev–Trinajstić information content (AvgIpc) is 2.90. The molecule has 1 aliphatic rings. The molecule has 1 fully saturated rings. The van der Waals surface area contributed by atoms with Gasteiger partial charge in [0.1, 0.15) is 0 Å². The second-order valence-corrected chi connectivity index (χ2v) is 6.00. The molecule has 0 radical (unpaired) electrons. The summed E-state index contributed by atoms with van der Waals surface area (Å²) in [6.07, 6.45) is 1.55. The molecule has 1 heterocycles. The minimum absolute atomic E-state index is 0.110. The van der Waals surface area contributed by atoms with Crippen LogP contribution >= 0.6 is 23.4 Å². The van der Waals surface area contributed by atoms with E-state index in [0.717, 1.165) is 12.8 Å². The third kappa shape index (κ3) is 3.99. The van der Waals surface area contributed by atoms with E-state index in [1.165, 1.54) is 17.0 Å². The molecule has 8 heteroatoms. The number of hydrogen-bond donors (Lipinski definition) is 2.